The number of piperidine rings is 1. The van der Waals surface area contributed by atoms with E-state index >= 15 is 0 Å². The molecule has 2 aliphatic rings. The second-order valence-corrected chi connectivity index (χ2v) is 6.94. The van der Waals surface area contributed by atoms with Gasteiger partial charge in [0.1, 0.15) is 6.54 Å². The highest BCUT2D eigenvalue weighted by atomic mass is 16.2. The molecule has 0 spiro atoms. The molecule has 0 bridgehead atoms. The monoisotopic (exact) mass is 328 g/mol. The van der Waals surface area contributed by atoms with Gasteiger partial charge < -0.3 is 4.90 Å². The summed E-state index contributed by atoms with van der Waals surface area (Å²) >= 11 is 0. The number of aromatic nitrogens is 2. The highest BCUT2D eigenvalue weighted by Crippen LogP contribution is 2.21. The Morgan fingerprint density at radius 2 is 1.92 bits per heavy atom. The van der Waals surface area contributed by atoms with E-state index in [9.17, 15) is 9.59 Å². The van der Waals surface area contributed by atoms with Gasteiger partial charge in [-0.25, -0.2) is 4.79 Å². The number of carbonyl (C=O) groups excluding carboxylic acids is 1. The van der Waals surface area contributed by atoms with Crippen LogP contribution < -0.4 is 5.69 Å². The average Bonchev–Trinajstić information content (AvgIpc) is 2.86. The van der Waals surface area contributed by atoms with Crippen molar-refractivity contribution >= 4 is 16.9 Å². The smallest absolute Gasteiger partial charge is 0.329 e. The van der Waals surface area contributed by atoms with Gasteiger partial charge in [0.25, 0.3) is 0 Å². The van der Waals surface area contributed by atoms with E-state index in [1.165, 1.54) is 19.3 Å². The fourth-order valence-corrected chi connectivity index (χ4v) is 4.13. The molecule has 0 N–H and O–H groups in total. The van der Waals surface area contributed by atoms with Crippen molar-refractivity contribution in [3.63, 3.8) is 0 Å². The number of aryl methyl sites for hydroxylation is 1. The number of amides is 1. The third-order valence-electron chi connectivity index (χ3n) is 5.54. The molecule has 1 amide bonds. The molecule has 1 aromatic carbocycles. The molecule has 3 heterocycles. The summed E-state index contributed by atoms with van der Waals surface area (Å²) in [6, 6.07) is 8.14. The van der Waals surface area contributed by atoms with Gasteiger partial charge in [-0.3, -0.25) is 18.8 Å². The molecule has 1 atom stereocenters. The summed E-state index contributed by atoms with van der Waals surface area (Å²) in [5.74, 6) is 0.0543. The van der Waals surface area contributed by atoms with Gasteiger partial charge in [-0.1, -0.05) is 18.6 Å². The minimum Gasteiger partial charge on any atom is -0.338 e. The molecule has 1 aromatic heterocycles. The number of benzene rings is 1. The molecule has 6 nitrogen and oxygen atoms in total. The SMILES string of the molecule is Cn1c(=O)n(CC(=O)N2CCN3CCCC[C@H]3C2)c2ccccc21. The van der Waals surface area contributed by atoms with Crippen molar-refractivity contribution in [2.75, 3.05) is 26.2 Å². The van der Waals surface area contributed by atoms with Gasteiger partial charge in [-0.05, 0) is 31.5 Å². The maximum atomic E-state index is 12.8. The van der Waals surface area contributed by atoms with Gasteiger partial charge in [0.05, 0.1) is 11.0 Å². The minimum absolute atomic E-state index is 0.0543. The number of rotatable bonds is 2. The van der Waals surface area contributed by atoms with Gasteiger partial charge in [-0.15, -0.1) is 0 Å². The number of imidazole rings is 1. The van der Waals surface area contributed by atoms with E-state index in [0.29, 0.717) is 6.04 Å². The van der Waals surface area contributed by atoms with Crippen molar-refractivity contribution in [1.29, 1.82) is 0 Å². The maximum absolute atomic E-state index is 12.8. The predicted molar refractivity (Wildman–Crippen MR) is 93.0 cm³/mol. The second-order valence-electron chi connectivity index (χ2n) is 6.94. The molecular weight excluding hydrogens is 304 g/mol. The third-order valence-corrected chi connectivity index (χ3v) is 5.54. The number of piperazine rings is 1. The first kappa shape index (κ1) is 15.4. The van der Waals surface area contributed by atoms with Gasteiger partial charge in [0, 0.05) is 32.7 Å². The zero-order valence-electron chi connectivity index (χ0n) is 14.1. The third kappa shape index (κ3) is 2.55. The Hall–Kier alpha value is -2.08. The molecule has 2 fully saturated rings. The Kier molecular flexibility index (Phi) is 3.92. The van der Waals surface area contributed by atoms with Crippen molar-refractivity contribution in [3.8, 4) is 0 Å². The van der Waals surface area contributed by atoms with Crippen LogP contribution in [0.4, 0.5) is 0 Å². The molecule has 0 aliphatic carbocycles. The minimum atomic E-state index is -0.124. The first-order valence-corrected chi connectivity index (χ1v) is 8.81. The lowest BCUT2D eigenvalue weighted by Crippen LogP contribution is -2.56. The summed E-state index contributed by atoms with van der Waals surface area (Å²) in [5.41, 5.74) is 1.57. The molecule has 0 radical (unpaired) electrons. The van der Waals surface area contributed by atoms with E-state index in [2.05, 4.69) is 4.90 Å². The molecule has 24 heavy (non-hydrogen) atoms. The first-order valence-electron chi connectivity index (χ1n) is 8.81. The van der Waals surface area contributed by atoms with E-state index in [4.69, 9.17) is 0 Å². The Morgan fingerprint density at radius 3 is 2.75 bits per heavy atom. The summed E-state index contributed by atoms with van der Waals surface area (Å²) in [5, 5.41) is 0. The van der Waals surface area contributed by atoms with Crippen molar-refractivity contribution in [1.82, 2.24) is 18.9 Å². The van der Waals surface area contributed by atoms with E-state index in [0.717, 1.165) is 37.2 Å². The lowest BCUT2D eigenvalue weighted by molar-refractivity contribution is -0.135. The van der Waals surface area contributed by atoms with Crippen LogP contribution in [-0.4, -0.2) is 57.1 Å². The van der Waals surface area contributed by atoms with Crippen LogP contribution in [0.3, 0.4) is 0 Å². The van der Waals surface area contributed by atoms with Gasteiger partial charge >= 0.3 is 5.69 Å². The van der Waals surface area contributed by atoms with Gasteiger partial charge in [0.2, 0.25) is 5.91 Å². The molecule has 4 rings (SSSR count). The molecule has 2 aromatic rings. The van der Waals surface area contributed by atoms with Crippen molar-refractivity contribution in [2.24, 2.45) is 7.05 Å². The summed E-state index contributed by atoms with van der Waals surface area (Å²) < 4.78 is 3.21. The fraction of sp³-hybridized carbons (Fsp3) is 0.556. The van der Waals surface area contributed by atoms with Crippen molar-refractivity contribution in [3.05, 3.63) is 34.7 Å². The Bertz CT molecular complexity index is 822. The van der Waals surface area contributed by atoms with Crippen LogP contribution in [0.1, 0.15) is 19.3 Å². The maximum Gasteiger partial charge on any atom is 0.329 e. The predicted octanol–water partition coefficient (Wildman–Crippen LogP) is 1.04. The topological polar surface area (TPSA) is 50.5 Å². The van der Waals surface area contributed by atoms with Gasteiger partial charge in [-0.2, -0.15) is 0 Å². The summed E-state index contributed by atoms with van der Waals surface area (Å²) in [6.07, 6.45) is 3.71. The first-order chi connectivity index (χ1) is 11.6. The lowest BCUT2D eigenvalue weighted by atomic mass is 9.99. The molecule has 128 valence electrons. The zero-order chi connectivity index (χ0) is 16.7. The molecule has 2 saturated heterocycles. The van der Waals surface area contributed by atoms with E-state index in [-0.39, 0.29) is 18.1 Å². The average molecular weight is 328 g/mol. The Labute approximate surface area is 141 Å². The molecule has 6 heteroatoms. The van der Waals surface area contributed by atoms with Gasteiger partial charge in [0.15, 0.2) is 0 Å². The highest BCUT2D eigenvalue weighted by Gasteiger charge is 2.31. The lowest BCUT2D eigenvalue weighted by Gasteiger charge is -2.44. The van der Waals surface area contributed by atoms with Crippen LogP contribution in [-0.2, 0) is 18.4 Å². The standard InChI is InChI=1S/C18H24N4O2/c1-19-15-7-2-3-8-16(15)22(18(19)24)13-17(23)21-11-10-20-9-5-4-6-14(20)12-21/h2-3,7-8,14H,4-6,9-13H2,1H3/t14-/m0/s1. The van der Waals surface area contributed by atoms with E-state index in [1.807, 2.05) is 29.2 Å². The summed E-state index contributed by atoms with van der Waals surface area (Å²) in [6.45, 7) is 3.83. The van der Waals surface area contributed by atoms with E-state index in [1.54, 1.807) is 16.2 Å². The van der Waals surface area contributed by atoms with Crippen molar-refractivity contribution in [2.45, 2.75) is 31.8 Å². The second kappa shape index (κ2) is 6.09. The number of nitrogens with zero attached hydrogens (tertiary/aromatic N) is 4. The van der Waals surface area contributed by atoms with Crippen LogP contribution in [0.5, 0.6) is 0 Å². The highest BCUT2D eigenvalue weighted by molar-refractivity contribution is 5.81. The Balaban J connectivity index is 1.55. The quantitative estimate of drug-likeness (QED) is 0.828. The molecule has 0 unspecified atom stereocenters. The van der Waals surface area contributed by atoms with Crippen LogP contribution in [0.25, 0.3) is 11.0 Å². The fourth-order valence-electron chi connectivity index (χ4n) is 4.13. The number of fused-ring (bicyclic) bond motifs is 2. The molecule has 2 aliphatic heterocycles. The number of hydrogen-bond acceptors (Lipinski definition) is 3. The van der Waals surface area contributed by atoms with Crippen LogP contribution in [0, 0.1) is 0 Å². The normalized spacial score (nSPS) is 21.9. The van der Waals surface area contributed by atoms with Crippen LogP contribution >= 0.6 is 0 Å². The van der Waals surface area contributed by atoms with Crippen LogP contribution in [0.15, 0.2) is 29.1 Å². The zero-order valence-corrected chi connectivity index (χ0v) is 14.1. The van der Waals surface area contributed by atoms with E-state index < -0.39 is 0 Å². The summed E-state index contributed by atoms with van der Waals surface area (Å²) in [4.78, 5) is 29.7. The molecule has 0 saturated carbocycles. The summed E-state index contributed by atoms with van der Waals surface area (Å²) in [7, 11) is 1.76. The van der Waals surface area contributed by atoms with Crippen LogP contribution in [0.2, 0.25) is 0 Å². The molecular formula is C18H24N4O2. The number of para-hydroxylation sites is 2. The number of hydrogen-bond donors (Lipinski definition) is 0. The Morgan fingerprint density at radius 1 is 1.12 bits per heavy atom. The largest absolute Gasteiger partial charge is 0.338 e. The van der Waals surface area contributed by atoms with Crippen molar-refractivity contribution < 1.29 is 4.79 Å². The number of carbonyl (C=O) groups is 1.